The van der Waals surface area contributed by atoms with Crippen LogP contribution in [0.25, 0.3) is 11.1 Å². The van der Waals surface area contributed by atoms with Crippen LogP contribution < -0.4 is 5.73 Å². The summed E-state index contributed by atoms with van der Waals surface area (Å²) in [5.41, 5.74) is 9.95. The van der Waals surface area contributed by atoms with Crippen LogP contribution in [0.2, 0.25) is 0 Å². The Kier molecular flexibility index (Phi) is 3.49. The summed E-state index contributed by atoms with van der Waals surface area (Å²) in [5, 5.41) is 0. The van der Waals surface area contributed by atoms with Crippen molar-refractivity contribution in [2.24, 2.45) is 5.41 Å². The fourth-order valence-electron chi connectivity index (χ4n) is 2.78. The zero-order chi connectivity index (χ0) is 15.0. The van der Waals surface area contributed by atoms with E-state index in [9.17, 15) is 0 Å². The average molecular weight is 285 g/mol. The molecule has 4 nitrogen and oxygen atoms in total. The standard InChI is InChI=1S/C17H23N3O/c1-17(2,3)12-6-8-20(9-7-12)11-16-19-14-5-4-13(18)10-15(14)21-16/h4-6,10H,7-9,11,18H2,1-3H3. The Labute approximate surface area is 125 Å². The van der Waals surface area contributed by atoms with E-state index in [1.54, 1.807) is 5.57 Å². The van der Waals surface area contributed by atoms with Crippen molar-refractivity contribution >= 4 is 16.8 Å². The summed E-state index contributed by atoms with van der Waals surface area (Å²) in [5.74, 6) is 0.767. The number of benzene rings is 1. The molecule has 0 atom stereocenters. The molecular weight excluding hydrogens is 262 g/mol. The monoisotopic (exact) mass is 285 g/mol. The van der Waals surface area contributed by atoms with E-state index < -0.39 is 0 Å². The van der Waals surface area contributed by atoms with E-state index in [0.717, 1.165) is 43.0 Å². The van der Waals surface area contributed by atoms with Crippen LogP contribution in [0.4, 0.5) is 5.69 Å². The molecule has 2 aromatic rings. The van der Waals surface area contributed by atoms with Crippen molar-refractivity contribution in [1.29, 1.82) is 0 Å². The minimum atomic E-state index is 0.279. The minimum Gasteiger partial charge on any atom is -0.439 e. The van der Waals surface area contributed by atoms with E-state index in [1.165, 1.54) is 0 Å². The number of hydrogen-bond donors (Lipinski definition) is 1. The molecular formula is C17H23N3O. The molecule has 0 amide bonds. The van der Waals surface area contributed by atoms with Gasteiger partial charge in [0.2, 0.25) is 5.89 Å². The Bertz CT molecular complexity index is 679. The normalized spacial score (nSPS) is 17.2. The van der Waals surface area contributed by atoms with Gasteiger partial charge in [-0.2, -0.15) is 0 Å². The van der Waals surface area contributed by atoms with Crippen molar-refractivity contribution in [2.45, 2.75) is 33.7 Å². The predicted molar refractivity (Wildman–Crippen MR) is 85.9 cm³/mol. The maximum atomic E-state index is 5.79. The van der Waals surface area contributed by atoms with E-state index in [0.29, 0.717) is 5.69 Å². The van der Waals surface area contributed by atoms with Crippen LogP contribution in [0.1, 0.15) is 33.1 Å². The van der Waals surface area contributed by atoms with Crippen LogP contribution in [0.5, 0.6) is 0 Å². The van der Waals surface area contributed by atoms with Crippen molar-refractivity contribution in [3.8, 4) is 0 Å². The molecule has 2 N–H and O–H groups in total. The van der Waals surface area contributed by atoms with Gasteiger partial charge in [0.15, 0.2) is 5.58 Å². The summed E-state index contributed by atoms with van der Waals surface area (Å²) in [4.78, 5) is 6.90. The number of oxazole rings is 1. The highest BCUT2D eigenvalue weighted by molar-refractivity contribution is 5.76. The topological polar surface area (TPSA) is 55.3 Å². The fraction of sp³-hybridized carbons (Fsp3) is 0.471. The van der Waals surface area contributed by atoms with Gasteiger partial charge in [0.25, 0.3) is 0 Å². The second-order valence-corrected chi connectivity index (χ2v) is 6.80. The van der Waals surface area contributed by atoms with E-state index in [2.05, 4.69) is 36.7 Å². The second-order valence-electron chi connectivity index (χ2n) is 6.80. The van der Waals surface area contributed by atoms with E-state index in [1.807, 2.05) is 18.2 Å². The first-order chi connectivity index (χ1) is 9.91. The first kappa shape index (κ1) is 14.1. The molecule has 0 bridgehead atoms. The van der Waals surface area contributed by atoms with Crippen LogP contribution in [-0.2, 0) is 6.54 Å². The highest BCUT2D eigenvalue weighted by atomic mass is 16.3. The van der Waals surface area contributed by atoms with Gasteiger partial charge in [-0.3, -0.25) is 4.90 Å². The zero-order valence-corrected chi connectivity index (χ0v) is 13.0. The third-order valence-electron chi connectivity index (χ3n) is 4.07. The number of fused-ring (bicyclic) bond motifs is 1. The molecule has 0 aliphatic carbocycles. The van der Waals surface area contributed by atoms with Crippen LogP contribution in [0, 0.1) is 5.41 Å². The van der Waals surface area contributed by atoms with E-state index >= 15 is 0 Å². The fourth-order valence-corrected chi connectivity index (χ4v) is 2.78. The summed E-state index contributed by atoms with van der Waals surface area (Å²) in [7, 11) is 0. The lowest BCUT2D eigenvalue weighted by Gasteiger charge is -2.31. The number of hydrogen-bond acceptors (Lipinski definition) is 4. The summed E-state index contributed by atoms with van der Waals surface area (Å²) < 4.78 is 5.79. The molecule has 0 unspecified atom stereocenters. The average Bonchev–Trinajstić information content (AvgIpc) is 2.79. The first-order valence-electron chi connectivity index (χ1n) is 7.48. The largest absolute Gasteiger partial charge is 0.439 e. The third kappa shape index (κ3) is 3.10. The minimum absolute atomic E-state index is 0.279. The molecule has 1 aliphatic rings. The maximum Gasteiger partial charge on any atom is 0.209 e. The van der Waals surface area contributed by atoms with Crippen molar-refractivity contribution in [3.05, 3.63) is 35.7 Å². The number of rotatable bonds is 2. The van der Waals surface area contributed by atoms with Gasteiger partial charge >= 0.3 is 0 Å². The van der Waals surface area contributed by atoms with E-state index in [-0.39, 0.29) is 5.41 Å². The number of aromatic nitrogens is 1. The van der Waals surface area contributed by atoms with Gasteiger partial charge in [-0.25, -0.2) is 4.98 Å². The molecule has 4 heteroatoms. The highest BCUT2D eigenvalue weighted by Gasteiger charge is 2.22. The molecule has 21 heavy (non-hydrogen) atoms. The molecule has 1 aliphatic heterocycles. The lowest BCUT2D eigenvalue weighted by Crippen LogP contribution is -2.30. The van der Waals surface area contributed by atoms with Crippen molar-refractivity contribution in [2.75, 3.05) is 18.8 Å². The highest BCUT2D eigenvalue weighted by Crippen LogP contribution is 2.30. The van der Waals surface area contributed by atoms with Crippen LogP contribution in [0.3, 0.4) is 0 Å². The summed E-state index contributed by atoms with van der Waals surface area (Å²) in [6, 6.07) is 5.60. The Morgan fingerprint density at radius 3 is 2.81 bits per heavy atom. The SMILES string of the molecule is CC(C)(C)C1=CCN(Cc2nc3ccc(N)cc3o2)CC1. The van der Waals surface area contributed by atoms with Gasteiger partial charge in [0.05, 0.1) is 6.54 Å². The van der Waals surface area contributed by atoms with Gasteiger partial charge in [-0.15, -0.1) is 0 Å². The van der Waals surface area contributed by atoms with E-state index in [4.69, 9.17) is 10.2 Å². The molecule has 1 aromatic heterocycles. The smallest absolute Gasteiger partial charge is 0.209 e. The Balaban J connectivity index is 1.71. The molecule has 1 aromatic carbocycles. The molecule has 0 saturated heterocycles. The number of anilines is 1. The lowest BCUT2D eigenvalue weighted by molar-refractivity contribution is 0.248. The molecule has 3 rings (SSSR count). The summed E-state index contributed by atoms with van der Waals surface area (Å²) >= 11 is 0. The number of nitrogens with two attached hydrogens (primary N) is 1. The predicted octanol–water partition coefficient (Wildman–Crippen LogP) is 3.59. The number of nitrogen functional groups attached to an aromatic ring is 1. The summed E-state index contributed by atoms with van der Waals surface area (Å²) in [6.45, 7) is 9.61. The van der Waals surface area contributed by atoms with Crippen molar-refractivity contribution in [1.82, 2.24) is 9.88 Å². The number of nitrogens with zero attached hydrogens (tertiary/aromatic N) is 2. The van der Waals surface area contributed by atoms with Gasteiger partial charge in [-0.1, -0.05) is 32.4 Å². The quantitative estimate of drug-likeness (QED) is 0.676. The summed E-state index contributed by atoms with van der Waals surface area (Å²) in [6.07, 6.45) is 3.47. The Morgan fingerprint density at radius 2 is 2.14 bits per heavy atom. The lowest BCUT2D eigenvalue weighted by atomic mass is 9.83. The molecule has 0 saturated carbocycles. The van der Waals surface area contributed by atoms with Crippen LogP contribution >= 0.6 is 0 Å². The van der Waals surface area contributed by atoms with Crippen molar-refractivity contribution in [3.63, 3.8) is 0 Å². The zero-order valence-electron chi connectivity index (χ0n) is 13.0. The van der Waals surface area contributed by atoms with Crippen LogP contribution in [0.15, 0.2) is 34.3 Å². The Hall–Kier alpha value is -1.81. The molecule has 112 valence electrons. The van der Waals surface area contributed by atoms with Gasteiger partial charge in [0, 0.05) is 24.8 Å². The molecule has 2 heterocycles. The first-order valence-corrected chi connectivity index (χ1v) is 7.48. The maximum absolute atomic E-state index is 5.79. The van der Waals surface area contributed by atoms with Gasteiger partial charge in [-0.05, 0) is 24.0 Å². The van der Waals surface area contributed by atoms with Crippen LogP contribution in [-0.4, -0.2) is 23.0 Å². The second kappa shape index (κ2) is 5.19. The molecule has 0 spiro atoms. The Morgan fingerprint density at radius 1 is 1.33 bits per heavy atom. The molecule has 0 fully saturated rings. The van der Waals surface area contributed by atoms with Gasteiger partial charge < -0.3 is 10.2 Å². The van der Waals surface area contributed by atoms with Gasteiger partial charge in [0.1, 0.15) is 5.52 Å². The van der Waals surface area contributed by atoms with Crippen molar-refractivity contribution < 1.29 is 4.42 Å². The third-order valence-corrected chi connectivity index (χ3v) is 4.07. The molecule has 0 radical (unpaired) electrons.